The van der Waals surface area contributed by atoms with E-state index in [4.69, 9.17) is 0 Å². The number of nitrogens with zero attached hydrogens (tertiary/aromatic N) is 4. The summed E-state index contributed by atoms with van der Waals surface area (Å²) >= 11 is 0. The molecule has 0 spiro atoms. The lowest BCUT2D eigenvalue weighted by Crippen LogP contribution is -2.35. The zero-order valence-corrected chi connectivity index (χ0v) is 39.7. The Bertz CT molecular complexity index is 2690. The number of amides is 2. The number of aliphatic carboxylic acids is 4. The summed E-state index contributed by atoms with van der Waals surface area (Å²) in [6.45, 7) is 6.55. The molecule has 2 aliphatic heterocycles. The van der Waals surface area contributed by atoms with Crippen molar-refractivity contribution in [1.82, 2.24) is 9.80 Å². The average Bonchev–Trinajstić information content (AvgIpc) is 3.31. The lowest BCUT2D eigenvalue weighted by atomic mass is 9.79. The first-order chi connectivity index (χ1) is 34.0. The van der Waals surface area contributed by atoms with Gasteiger partial charge in [-0.25, -0.2) is 19.2 Å². The van der Waals surface area contributed by atoms with Crippen LogP contribution in [0.4, 0.5) is 22.7 Å². The first-order valence-electron chi connectivity index (χ1n) is 22.0. The summed E-state index contributed by atoms with van der Waals surface area (Å²) in [7, 11) is 0. The van der Waals surface area contributed by atoms with Crippen molar-refractivity contribution in [2.24, 2.45) is 0 Å². The molecule has 0 saturated carbocycles. The molecule has 73 heavy (non-hydrogen) atoms. The van der Waals surface area contributed by atoms with Crippen molar-refractivity contribution >= 4 is 58.4 Å². The van der Waals surface area contributed by atoms with Crippen LogP contribution in [0.5, 0.6) is 11.5 Å². The molecule has 384 valence electrons. The Hall–Kier alpha value is -9.38. The number of anilines is 2. The zero-order valence-electron chi connectivity index (χ0n) is 39.7. The Kier molecular flexibility index (Phi) is 18.8. The number of allylic oxidation sites excluding steroid dienone is 4. The SMILES string of the molecule is CC1=C(C(=O)O)C(c2cccc([N+](=O)[O-])c2)C(C(=O)O)=C(C)N1CCCC(=O)Nc1ccc(O)cc1.CC1=C(C(=O)O)C(c2cccc([N+](=O)[O-])c2)C(C(=O)O)=C(C)N1CCCC(=O)Nc1ccc(O)cc1.O. The third-order valence-electron chi connectivity index (χ3n) is 12.0. The van der Waals surface area contributed by atoms with Crippen molar-refractivity contribution in [1.29, 1.82) is 0 Å². The fourth-order valence-corrected chi connectivity index (χ4v) is 8.63. The maximum atomic E-state index is 12.3. The highest BCUT2D eigenvalue weighted by molar-refractivity contribution is 5.99. The quantitative estimate of drug-likeness (QED) is 0.0287. The van der Waals surface area contributed by atoms with Crippen LogP contribution in [0, 0.1) is 20.2 Å². The van der Waals surface area contributed by atoms with Crippen molar-refractivity contribution < 1.29 is 74.7 Å². The topological polar surface area (TPSA) is 372 Å². The second-order valence-corrected chi connectivity index (χ2v) is 16.5. The normalized spacial score (nSPS) is 13.9. The summed E-state index contributed by atoms with van der Waals surface area (Å²) in [5.41, 5.74) is 1.18. The van der Waals surface area contributed by atoms with Crippen LogP contribution in [0.1, 0.15) is 76.3 Å². The molecule has 2 aliphatic rings. The van der Waals surface area contributed by atoms with Gasteiger partial charge in [-0.1, -0.05) is 24.3 Å². The van der Waals surface area contributed by atoms with Gasteiger partial charge >= 0.3 is 23.9 Å². The summed E-state index contributed by atoms with van der Waals surface area (Å²) in [6, 6.07) is 22.5. The number of nitrogens with one attached hydrogen (secondary N) is 2. The number of hydrogen-bond acceptors (Lipinski definition) is 14. The lowest BCUT2D eigenvalue weighted by Gasteiger charge is -2.37. The minimum atomic E-state index is -1.34. The van der Waals surface area contributed by atoms with E-state index < -0.39 is 45.6 Å². The molecule has 2 heterocycles. The van der Waals surface area contributed by atoms with Gasteiger partial charge < -0.3 is 56.5 Å². The fraction of sp³-hybridized carbons (Fsp3) is 0.240. The first-order valence-corrected chi connectivity index (χ1v) is 22.0. The Morgan fingerprint density at radius 1 is 0.507 bits per heavy atom. The molecule has 2 amide bonds. The van der Waals surface area contributed by atoms with E-state index in [1.807, 2.05) is 0 Å². The number of hydrogen-bond donors (Lipinski definition) is 8. The predicted molar refractivity (Wildman–Crippen MR) is 262 cm³/mol. The number of phenols is 2. The number of benzene rings is 4. The number of rotatable bonds is 18. The molecule has 4 aromatic rings. The van der Waals surface area contributed by atoms with Crippen LogP contribution in [0.15, 0.2) is 142 Å². The van der Waals surface area contributed by atoms with Gasteiger partial charge in [0.05, 0.1) is 44.0 Å². The van der Waals surface area contributed by atoms with Gasteiger partial charge in [0.1, 0.15) is 11.5 Å². The van der Waals surface area contributed by atoms with Crippen LogP contribution in [0.3, 0.4) is 0 Å². The Morgan fingerprint density at radius 3 is 1.05 bits per heavy atom. The monoisotopic (exact) mass is 1010 g/mol. The number of non-ortho nitro benzene ring substituents is 2. The molecule has 0 aromatic heterocycles. The molecule has 0 fully saturated rings. The van der Waals surface area contributed by atoms with Gasteiger partial charge in [0, 0.05) is 84.4 Å². The summed E-state index contributed by atoms with van der Waals surface area (Å²) < 4.78 is 0. The smallest absolute Gasteiger partial charge is 0.334 e. The van der Waals surface area contributed by atoms with E-state index in [0.717, 1.165) is 0 Å². The number of nitro groups is 2. The Balaban J connectivity index is 0.000000312. The van der Waals surface area contributed by atoms with Crippen molar-refractivity contribution in [3.8, 4) is 11.5 Å². The number of carboxylic acids is 4. The molecule has 23 heteroatoms. The van der Waals surface area contributed by atoms with Gasteiger partial charge in [0.15, 0.2) is 0 Å². The van der Waals surface area contributed by atoms with E-state index in [0.29, 0.717) is 47.0 Å². The Labute approximate surface area is 415 Å². The van der Waals surface area contributed by atoms with Crippen molar-refractivity contribution in [2.75, 3.05) is 23.7 Å². The van der Waals surface area contributed by atoms with Gasteiger partial charge in [-0.3, -0.25) is 29.8 Å². The largest absolute Gasteiger partial charge is 0.508 e. The van der Waals surface area contributed by atoms with Crippen LogP contribution in [-0.2, 0) is 28.8 Å². The molecule has 0 bridgehead atoms. The molecule has 23 nitrogen and oxygen atoms in total. The highest BCUT2D eigenvalue weighted by Crippen LogP contribution is 2.44. The summed E-state index contributed by atoms with van der Waals surface area (Å²) in [4.78, 5) is 98.1. The zero-order chi connectivity index (χ0) is 53.1. The number of phenolic OH excluding ortho intramolecular Hbond substituents is 2. The number of carbonyl (C=O) groups is 6. The van der Waals surface area contributed by atoms with Crippen LogP contribution in [-0.4, -0.2) is 105 Å². The number of nitro benzene ring substituents is 2. The first kappa shape index (κ1) is 56.2. The molecule has 0 saturated heterocycles. The molecule has 0 unspecified atom stereocenters. The number of carboxylic acid groups (broad SMARTS) is 4. The summed E-state index contributed by atoms with van der Waals surface area (Å²) in [5.74, 6) is -8.27. The summed E-state index contributed by atoms with van der Waals surface area (Å²) in [6.07, 6.45) is 0.744. The number of aromatic hydroxyl groups is 2. The van der Waals surface area contributed by atoms with E-state index in [2.05, 4.69) is 10.6 Å². The molecule has 10 N–H and O–H groups in total. The van der Waals surface area contributed by atoms with Crippen molar-refractivity contribution in [3.05, 3.63) is 173 Å². The molecule has 0 aliphatic carbocycles. The van der Waals surface area contributed by atoms with Crippen LogP contribution >= 0.6 is 0 Å². The van der Waals surface area contributed by atoms with Gasteiger partial charge in [0.2, 0.25) is 11.8 Å². The van der Waals surface area contributed by atoms with E-state index >= 15 is 0 Å². The third kappa shape index (κ3) is 13.5. The highest BCUT2D eigenvalue weighted by Gasteiger charge is 2.41. The maximum absolute atomic E-state index is 12.3. The summed E-state index contributed by atoms with van der Waals surface area (Å²) in [5, 5.41) is 86.6. The maximum Gasteiger partial charge on any atom is 0.334 e. The third-order valence-corrected chi connectivity index (χ3v) is 12.0. The number of carbonyl (C=O) groups excluding carboxylic acids is 2. The van der Waals surface area contributed by atoms with Gasteiger partial charge in [-0.05, 0) is 100 Å². The molecule has 0 atom stereocenters. The van der Waals surface area contributed by atoms with E-state index in [9.17, 15) is 79.6 Å². The van der Waals surface area contributed by atoms with Crippen molar-refractivity contribution in [3.63, 3.8) is 0 Å². The van der Waals surface area contributed by atoms with Gasteiger partial charge in [-0.15, -0.1) is 0 Å². The van der Waals surface area contributed by atoms with Gasteiger partial charge in [0.25, 0.3) is 11.4 Å². The molecule has 0 radical (unpaired) electrons. The molecule has 6 rings (SSSR count). The molecule has 4 aromatic carbocycles. The minimum absolute atomic E-state index is 0. The standard InChI is InChI=1S/2C25H25N3O8.H2O/c2*1-14-21(24(31)32)23(16-5-3-6-18(13-16)28(35)36)22(25(33)34)15(2)27(14)12-4-7-20(30)26-17-8-10-19(29)11-9-17;/h2*3,5-6,8-11,13,23,29H,4,7,12H2,1-2H3,(H,26,30)(H,31,32)(H,33,34);1H2. The van der Waals surface area contributed by atoms with Crippen molar-refractivity contribution in [2.45, 2.75) is 65.2 Å². The average molecular weight is 1010 g/mol. The Morgan fingerprint density at radius 2 is 0.795 bits per heavy atom. The molecular formula is C50H52N6O17. The molecular weight excluding hydrogens is 957 g/mol. The predicted octanol–water partition coefficient (Wildman–Crippen LogP) is 6.85. The van der Waals surface area contributed by atoms with Crippen LogP contribution in [0.25, 0.3) is 0 Å². The van der Waals surface area contributed by atoms with Crippen LogP contribution in [0.2, 0.25) is 0 Å². The fourth-order valence-electron chi connectivity index (χ4n) is 8.63. The second kappa shape index (κ2) is 24.4. The lowest BCUT2D eigenvalue weighted by molar-refractivity contribution is -0.385. The van der Waals surface area contributed by atoms with E-state index in [1.165, 1.54) is 72.8 Å². The van der Waals surface area contributed by atoms with E-state index in [-0.39, 0.29) is 99.5 Å². The highest BCUT2D eigenvalue weighted by atomic mass is 16.6. The van der Waals surface area contributed by atoms with Gasteiger partial charge in [-0.2, -0.15) is 0 Å². The van der Waals surface area contributed by atoms with E-state index in [1.54, 1.807) is 61.8 Å². The van der Waals surface area contributed by atoms with Crippen LogP contribution < -0.4 is 10.6 Å². The minimum Gasteiger partial charge on any atom is -0.508 e. The second-order valence-electron chi connectivity index (χ2n) is 16.5.